The normalized spacial score (nSPS) is 26.7. The lowest BCUT2D eigenvalue weighted by Gasteiger charge is -2.48. The molecule has 3 heterocycles. The third-order valence-corrected chi connectivity index (χ3v) is 7.14. The summed E-state index contributed by atoms with van der Waals surface area (Å²) in [7, 11) is 0. The fourth-order valence-corrected chi connectivity index (χ4v) is 5.38. The average molecular weight is 391 g/mol. The van der Waals surface area contributed by atoms with E-state index >= 15 is 0 Å². The van der Waals surface area contributed by atoms with Gasteiger partial charge in [-0.15, -0.1) is 0 Å². The molecular weight excluding hydrogens is 360 g/mol. The van der Waals surface area contributed by atoms with Crippen LogP contribution >= 0.6 is 0 Å². The molecule has 1 fully saturated rings. The van der Waals surface area contributed by atoms with E-state index in [1.165, 1.54) is 11.1 Å². The molecule has 0 saturated carbocycles. The predicted octanol–water partition coefficient (Wildman–Crippen LogP) is 3.93. The fraction of sp³-hybridized carbons (Fsp3) is 0.480. The minimum absolute atomic E-state index is 0.00977. The van der Waals surface area contributed by atoms with Gasteiger partial charge in [-0.3, -0.25) is 9.69 Å². The third kappa shape index (κ3) is 3.55. The van der Waals surface area contributed by atoms with Crippen LogP contribution in [-0.2, 0) is 12.8 Å². The standard InChI is InChI=1S/C25H30N2O2/c1-19-18-25(12-10-21-7-3-5-9-23(21)29-25)13-15-26(19)16-17-27-14-11-20-6-2-4-8-22(20)24(27)28/h2-9,19H,10-18H2,1H3/t19-,25+/m1/s1. The van der Waals surface area contributed by atoms with Crippen LogP contribution in [0, 0.1) is 0 Å². The van der Waals surface area contributed by atoms with Crippen molar-refractivity contribution < 1.29 is 9.53 Å². The van der Waals surface area contributed by atoms with Gasteiger partial charge in [-0.1, -0.05) is 36.4 Å². The van der Waals surface area contributed by atoms with Crippen molar-refractivity contribution in [2.75, 3.05) is 26.2 Å². The van der Waals surface area contributed by atoms with Gasteiger partial charge in [0.15, 0.2) is 0 Å². The molecule has 0 aromatic heterocycles. The summed E-state index contributed by atoms with van der Waals surface area (Å²) in [5.74, 6) is 1.28. The largest absolute Gasteiger partial charge is 0.487 e. The average Bonchev–Trinajstić information content (AvgIpc) is 2.75. The molecule has 0 unspecified atom stereocenters. The highest BCUT2D eigenvalue weighted by Crippen LogP contribution is 2.40. The third-order valence-electron chi connectivity index (χ3n) is 7.14. The fourth-order valence-electron chi connectivity index (χ4n) is 5.38. The summed E-state index contributed by atoms with van der Waals surface area (Å²) in [6.07, 6.45) is 5.34. The quantitative estimate of drug-likeness (QED) is 0.796. The van der Waals surface area contributed by atoms with Gasteiger partial charge in [0.25, 0.3) is 5.91 Å². The van der Waals surface area contributed by atoms with E-state index in [0.717, 1.165) is 69.6 Å². The van der Waals surface area contributed by atoms with Crippen LogP contribution in [0.3, 0.4) is 0 Å². The summed E-state index contributed by atoms with van der Waals surface area (Å²) in [6, 6.07) is 17.0. The van der Waals surface area contributed by atoms with Crippen molar-refractivity contribution in [1.29, 1.82) is 0 Å². The van der Waals surface area contributed by atoms with Crippen molar-refractivity contribution in [3.05, 3.63) is 65.2 Å². The Kier molecular flexibility index (Phi) is 4.83. The van der Waals surface area contributed by atoms with Crippen molar-refractivity contribution in [3.63, 3.8) is 0 Å². The number of rotatable bonds is 3. The second-order valence-corrected chi connectivity index (χ2v) is 8.93. The molecule has 4 nitrogen and oxygen atoms in total. The first kappa shape index (κ1) is 18.7. The Morgan fingerprint density at radius 2 is 1.76 bits per heavy atom. The Hall–Kier alpha value is -2.33. The number of benzene rings is 2. The molecule has 3 aliphatic rings. The molecule has 2 aromatic carbocycles. The van der Waals surface area contributed by atoms with Gasteiger partial charge in [0.2, 0.25) is 0 Å². The molecule has 1 spiro atoms. The van der Waals surface area contributed by atoms with Gasteiger partial charge in [0.05, 0.1) is 0 Å². The molecular formula is C25H30N2O2. The lowest BCUT2D eigenvalue weighted by atomic mass is 9.80. The zero-order chi connectivity index (χ0) is 19.8. The SMILES string of the molecule is C[C@@H]1C[C@]2(CCc3ccccc3O2)CCN1CCN1CCc2ccccc2C1=O. The van der Waals surface area contributed by atoms with E-state index in [1.54, 1.807) is 0 Å². The lowest BCUT2D eigenvalue weighted by Crippen LogP contribution is -2.55. The summed E-state index contributed by atoms with van der Waals surface area (Å²) in [6.45, 7) is 5.96. The molecule has 29 heavy (non-hydrogen) atoms. The number of carbonyl (C=O) groups is 1. The van der Waals surface area contributed by atoms with Crippen LogP contribution in [0.1, 0.15) is 47.7 Å². The maximum atomic E-state index is 12.8. The van der Waals surface area contributed by atoms with Crippen molar-refractivity contribution in [2.24, 2.45) is 0 Å². The van der Waals surface area contributed by atoms with Crippen LogP contribution in [-0.4, -0.2) is 53.5 Å². The number of aryl methyl sites for hydroxylation is 1. The number of ether oxygens (including phenoxy) is 1. The van der Waals surface area contributed by atoms with E-state index in [4.69, 9.17) is 4.74 Å². The topological polar surface area (TPSA) is 32.8 Å². The predicted molar refractivity (Wildman–Crippen MR) is 114 cm³/mol. The number of amides is 1. The first-order chi connectivity index (χ1) is 14.1. The Morgan fingerprint density at radius 3 is 2.62 bits per heavy atom. The summed E-state index contributed by atoms with van der Waals surface area (Å²) >= 11 is 0. The Labute approximate surface area is 173 Å². The van der Waals surface area contributed by atoms with Crippen LogP contribution in [0.25, 0.3) is 0 Å². The molecule has 3 aliphatic heterocycles. The molecule has 2 aromatic rings. The molecule has 1 amide bonds. The number of piperidine rings is 1. The number of para-hydroxylation sites is 1. The number of hydrogen-bond acceptors (Lipinski definition) is 3. The summed E-state index contributed by atoms with van der Waals surface area (Å²) < 4.78 is 6.54. The van der Waals surface area contributed by atoms with E-state index in [2.05, 4.69) is 42.2 Å². The van der Waals surface area contributed by atoms with Crippen LogP contribution in [0.15, 0.2) is 48.5 Å². The van der Waals surface area contributed by atoms with Crippen LogP contribution in [0.4, 0.5) is 0 Å². The van der Waals surface area contributed by atoms with Gasteiger partial charge in [-0.05, 0) is 55.9 Å². The molecule has 0 N–H and O–H groups in total. The molecule has 0 aliphatic carbocycles. The van der Waals surface area contributed by atoms with Gasteiger partial charge in [0.1, 0.15) is 11.4 Å². The van der Waals surface area contributed by atoms with Crippen LogP contribution in [0.5, 0.6) is 5.75 Å². The molecule has 0 radical (unpaired) electrons. The lowest BCUT2D eigenvalue weighted by molar-refractivity contribution is -0.0377. The molecule has 2 atom stereocenters. The molecule has 0 bridgehead atoms. The molecule has 1 saturated heterocycles. The van der Waals surface area contributed by atoms with Crippen molar-refractivity contribution in [1.82, 2.24) is 9.80 Å². The zero-order valence-corrected chi connectivity index (χ0v) is 17.3. The highest BCUT2D eigenvalue weighted by atomic mass is 16.5. The van der Waals surface area contributed by atoms with E-state index in [0.29, 0.717) is 6.04 Å². The number of carbonyl (C=O) groups excluding carboxylic acids is 1. The van der Waals surface area contributed by atoms with E-state index in [-0.39, 0.29) is 11.5 Å². The smallest absolute Gasteiger partial charge is 0.254 e. The number of nitrogens with zero attached hydrogens (tertiary/aromatic N) is 2. The minimum atomic E-state index is -0.00977. The van der Waals surface area contributed by atoms with E-state index in [9.17, 15) is 4.79 Å². The summed E-state index contributed by atoms with van der Waals surface area (Å²) in [4.78, 5) is 17.4. The number of hydrogen-bond donors (Lipinski definition) is 0. The van der Waals surface area contributed by atoms with E-state index < -0.39 is 0 Å². The first-order valence-electron chi connectivity index (χ1n) is 11.0. The van der Waals surface area contributed by atoms with Crippen molar-refractivity contribution >= 4 is 5.91 Å². The first-order valence-corrected chi connectivity index (χ1v) is 11.0. The monoisotopic (exact) mass is 390 g/mol. The van der Waals surface area contributed by atoms with Gasteiger partial charge < -0.3 is 9.64 Å². The van der Waals surface area contributed by atoms with Gasteiger partial charge >= 0.3 is 0 Å². The number of likely N-dealkylation sites (tertiary alicyclic amines) is 1. The van der Waals surface area contributed by atoms with Crippen molar-refractivity contribution in [2.45, 2.75) is 50.7 Å². The Bertz CT molecular complexity index is 911. The minimum Gasteiger partial charge on any atom is -0.487 e. The van der Waals surface area contributed by atoms with Gasteiger partial charge in [-0.25, -0.2) is 0 Å². The van der Waals surface area contributed by atoms with Crippen LogP contribution < -0.4 is 4.74 Å². The molecule has 152 valence electrons. The summed E-state index contributed by atoms with van der Waals surface area (Å²) in [5, 5.41) is 0. The Balaban J connectivity index is 1.19. The maximum Gasteiger partial charge on any atom is 0.254 e. The highest BCUT2D eigenvalue weighted by Gasteiger charge is 2.42. The second-order valence-electron chi connectivity index (χ2n) is 8.93. The summed E-state index contributed by atoms with van der Waals surface area (Å²) in [5.41, 5.74) is 3.41. The molecule has 4 heteroatoms. The van der Waals surface area contributed by atoms with Crippen molar-refractivity contribution in [3.8, 4) is 5.75 Å². The van der Waals surface area contributed by atoms with Crippen LogP contribution in [0.2, 0.25) is 0 Å². The maximum absolute atomic E-state index is 12.8. The number of fused-ring (bicyclic) bond motifs is 2. The second kappa shape index (κ2) is 7.49. The van der Waals surface area contributed by atoms with Gasteiger partial charge in [0, 0.05) is 44.2 Å². The Morgan fingerprint density at radius 1 is 0.966 bits per heavy atom. The highest BCUT2D eigenvalue weighted by molar-refractivity contribution is 5.96. The van der Waals surface area contributed by atoms with Gasteiger partial charge in [-0.2, -0.15) is 0 Å². The molecule has 5 rings (SSSR count). The zero-order valence-electron chi connectivity index (χ0n) is 17.3. The van der Waals surface area contributed by atoms with E-state index in [1.807, 2.05) is 23.1 Å².